The van der Waals surface area contributed by atoms with Crippen molar-refractivity contribution in [3.05, 3.63) is 89.5 Å². The second-order valence-electron chi connectivity index (χ2n) is 8.53. The van der Waals surface area contributed by atoms with Gasteiger partial charge in [0.25, 0.3) is 0 Å². The van der Waals surface area contributed by atoms with Crippen molar-refractivity contribution in [2.75, 3.05) is 16.4 Å². The van der Waals surface area contributed by atoms with Crippen molar-refractivity contribution in [1.29, 1.82) is 0 Å². The van der Waals surface area contributed by atoms with E-state index in [1.807, 2.05) is 0 Å². The molecule has 0 aromatic heterocycles. The average Bonchev–Trinajstić information content (AvgIpc) is 2.82. The van der Waals surface area contributed by atoms with Gasteiger partial charge in [0.2, 0.25) is 11.8 Å². The molecule has 0 aliphatic rings. The molecule has 0 aliphatic carbocycles. The summed E-state index contributed by atoms with van der Waals surface area (Å²) in [6, 6.07) is 16.1. The quantitative estimate of drug-likeness (QED) is 0.462. The Hall–Kier alpha value is -3.59. The van der Waals surface area contributed by atoms with Gasteiger partial charge < -0.3 is 10.6 Å². The smallest absolute Gasteiger partial charge is 0.234 e. The molecule has 0 spiro atoms. The Morgan fingerprint density at radius 2 is 1.43 bits per heavy atom. The summed E-state index contributed by atoms with van der Waals surface area (Å²) in [6.45, 7) is 4.81. The summed E-state index contributed by atoms with van der Waals surface area (Å²) in [7, 11) is -3.30. The van der Waals surface area contributed by atoms with Crippen molar-refractivity contribution in [1.82, 2.24) is 0 Å². The molecular formula is C26H26F2N2O4S. The lowest BCUT2D eigenvalue weighted by molar-refractivity contribution is -0.120. The van der Waals surface area contributed by atoms with Crippen molar-refractivity contribution in [2.24, 2.45) is 0 Å². The third kappa shape index (κ3) is 6.10. The number of halogens is 2. The van der Waals surface area contributed by atoms with Gasteiger partial charge in [0.15, 0.2) is 9.84 Å². The highest BCUT2D eigenvalue weighted by Crippen LogP contribution is 2.28. The highest BCUT2D eigenvalue weighted by atomic mass is 32.2. The van der Waals surface area contributed by atoms with Crippen molar-refractivity contribution >= 4 is 33.0 Å². The van der Waals surface area contributed by atoms with Gasteiger partial charge in [-0.1, -0.05) is 37.3 Å². The highest BCUT2D eigenvalue weighted by Gasteiger charge is 2.31. The number of rotatable bonds is 8. The fraction of sp³-hybridized carbons (Fsp3) is 0.231. The second kappa shape index (κ2) is 10.4. The van der Waals surface area contributed by atoms with Crippen LogP contribution in [-0.4, -0.2) is 26.0 Å². The number of sulfone groups is 1. The van der Waals surface area contributed by atoms with Crippen molar-refractivity contribution in [3.8, 4) is 0 Å². The van der Waals surface area contributed by atoms with Gasteiger partial charge >= 0.3 is 0 Å². The standard InChI is InChI=1S/C26H26F2N2O4S/c1-4-35(33,34)20-14-8-17(9-15-20)16-23(31)29-19-12-10-18(11-13-19)26(2,3)25(32)30-24-21(27)6-5-7-22(24)28/h5-15H,4,16H2,1-3H3,(H,29,31)(H,30,32). The minimum Gasteiger partial charge on any atom is -0.326 e. The molecule has 0 bridgehead atoms. The van der Waals surface area contributed by atoms with Crippen LogP contribution in [0.5, 0.6) is 0 Å². The van der Waals surface area contributed by atoms with E-state index in [1.165, 1.54) is 18.2 Å². The SMILES string of the molecule is CCS(=O)(=O)c1ccc(CC(=O)Nc2ccc(C(C)(C)C(=O)Nc3c(F)cccc3F)cc2)cc1. The molecule has 3 rings (SSSR count). The Kier molecular flexibility index (Phi) is 7.70. The monoisotopic (exact) mass is 500 g/mol. The molecule has 0 unspecified atom stereocenters. The van der Waals surface area contributed by atoms with E-state index in [-0.39, 0.29) is 23.0 Å². The van der Waals surface area contributed by atoms with Crippen LogP contribution >= 0.6 is 0 Å². The molecule has 2 N–H and O–H groups in total. The van der Waals surface area contributed by atoms with E-state index in [1.54, 1.807) is 57.2 Å². The fourth-order valence-corrected chi connectivity index (χ4v) is 4.24. The van der Waals surface area contributed by atoms with Crippen LogP contribution < -0.4 is 10.6 Å². The van der Waals surface area contributed by atoms with Crippen LogP contribution in [0.2, 0.25) is 0 Å². The minimum atomic E-state index is -3.30. The van der Waals surface area contributed by atoms with Crippen LogP contribution in [0.25, 0.3) is 0 Å². The maximum atomic E-state index is 13.9. The summed E-state index contributed by atoms with van der Waals surface area (Å²) in [5.74, 6) is -2.62. The number of benzene rings is 3. The number of anilines is 2. The van der Waals surface area contributed by atoms with E-state index in [0.29, 0.717) is 16.8 Å². The van der Waals surface area contributed by atoms with Gasteiger partial charge in [-0.05, 0) is 61.4 Å². The molecule has 3 aromatic carbocycles. The van der Waals surface area contributed by atoms with E-state index in [0.717, 1.165) is 12.1 Å². The van der Waals surface area contributed by atoms with Crippen LogP contribution in [0.4, 0.5) is 20.2 Å². The summed E-state index contributed by atoms with van der Waals surface area (Å²) < 4.78 is 51.6. The van der Waals surface area contributed by atoms with E-state index >= 15 is 0 Å². The molecule has 3 aromatic rings. The Morgan fingerprint density at radius 1 is 0.857 bits per heavy atom. The molecule has 35 heavy (non-hydrogen) atoms. The molecule has 6 nitrogen and oxygen atoms in total. The van der Waals surface area contributed by atoms with Gasteiger partial charge in [-0.2, -0.15) is 0 Å². The molecule has 9 heteroatoms. The van der Waals surface area contributed by atoms with Gasteiger partial charge in [0.05, 0.1) is 22.5 Å². The van der Waals surface area contributed by atoms with Gasteiger partial charge in [-0.3, -0.25) is 9.59 Å². The Labute approximate surface area is 203 Å². The normalized spacial score (nSPS) is 11.7. The molecular weight excluding hydrogens is 474 g/mol. The largest absolute Gasteiger partial charge is 0.326 e. The topological polar surface area (TPSA) is 92.3 Å². The van der Waals surface area contributed by atoms with Crippen LogP contribution in [-0.2, 0) is 31.3 Å². The summed E-state index contributed by atoms with van der Waals surface area (Å²) in [6.07, 6.45) is 0.0519. The van der Waals surface area contributed by atoms with Crippen LogP contribution in [0.3, 0.4) is 0 Å². The lowest BCUT2D eigenvalue weighted by Gasteiger charge is -2.24. The number of hydrogen-bond acceptors (Lipinski definition) is 4. The fourth-order valence-electron chi connectivity index (χ4n) is 3.36. The third-order valence-electron chi connectivity index (χ3n) is 5.69. The lowest BCUT2D eigenvalue weighted by atomic mass is 9.83. The van der Waals surface area contributed by atoms with Gasteiger partial charge in [-0.15, -0.1) is 0 Å². The summed E-state index contributed by atoms with van der Waals surface area (Å²) in [5.41, 5.74) is 0.123. The predicted molar refractivity (Wildman–Crippen MR) is 131 cm³/mol. The number of para-hydroxylation sites is 1. The molecule has 0 aliphatic heterocycles. The van der Waals surface area contributed by atoms with Crippen LogP contribution in [0, 0.1) is 11.6 Å². The Morgan fingerprint density at radius 3 is 1.97 bits per heavy atom. The van der Waals surface area contributed by atoms with E-state index < -0.39 is 38.5 Å². The average molecular weight is 501 g/mol. The van der Waals surface area contributed by atoms with Crippen molar-refractivity contribution in [3.63, 3.8) is 0 Å². The zero-order valence-electron chi connectivity index (χ0n) is 19.6. The van der Waals surface area contributed by atoms with Crippen LogP contribution in [0.15, 0.2) is 71.6 Å². The minimum absolute atomic E-state index is 0.00131. The molecule has 0 fully saturated rings. The van der Waals surface area contributed by atoms with Gasteiger partial charge in [0, 0.05) is 5.69 Å². The number of carbonyl (C=O) groups excluding carboxylic acids is 2. The van der Waals surface area contributed by atoms with Crippen LogP contribution in [0.1, 0.15) is 31.9 Å². The summed E-state index contributed by atoms with van der Waals surface area (Å²) in [4.78, 5) is 25.4. The van der Waals surface area contributed by atoms with E-state index in [4.69, 9.17) is 0 Å². The van der Waals surface area contributed by atoms with E-state index in [9.17, 15) is 26.8 Å². The highest BCUT2D eigenvalue weighted by molar-refractivity contribution is 7.91. The number of carbonyl (C=O) groups is 2. The summed E-state index contributed by atoms with van der Waals surface area (Å²) >= 11 is 0. The number of hydrogen-bond donors (Lipinski definition) is 2. The molecule has 0 saturated carbocycles. The first-order valence-electron chi connectivity index (χ1n) is 10.9. The molecule has 0 atom stereocenters. The number of nitrogens with one attached hydrogen (secondary N) is 2. The molecule has 184 valence electrons. The lowest BCUT2D eigenvalue weighted by Crippen LogP contribution is -2.35. The maximum absolute atomic E-state index is 13.9. The Bertz CT molecular complexity index is 1320. The molecule has 0 saturated heterocycles. The third-order valence-corrected chi connectivity index (χ3v) is 7.44. The first-order chi connectivity index (χ1) is 16.4. The first kappa shape index (κ1) is 26.0. The maximum Gasteiger partial charge on any atom is 0.234 e. The van der Waals surface area contributed by atoms with E-state index in [2.05, 4.69) is 10.6 Å². The Balaban J connectivity index is 1.64. The zero-order valence-corrected chi connectivity index (χ0v) is 20.4. The second-order valence-corrected chi connectivity index (χ2v) is 10.8. The van der Waals surface area contributed by atoms with Gasteiger partial charge in [0.1, 0.15) is 17.3 Å². The first-order valence-corrected chi connectivity index (χ1v) is 12.6. The number of amides is 2. The molecule has 0 radical (unpaired) electrons. The van der Waals surface area contributed by atoms with Crippen molar-refractivity contribution in [2.45, 2.75) is 37.5 Å². The zero-order chi connectivity index (χ0) is 25.8. The molecule has 0 heterocycles. The predicted octanol–water partition coefficient (Wildman–Crippen LogP) is 4.86. The summed E-state index contributed by atoms with van der Waals surface area (Å²) in [5, 5.41) is 5.06. The molecule has 2 amide bonds. The van der Waals surface area contributed by atoms with Gasteiger partial charge in [-0.25, -0.2) is 17.2 Å². The van der Waals surface area contributed by atoms with Crippen molar-refractivity contribution < 1.29 is 26.8 Å².